The minimum atomic E-state index is 0.726. The van der Waals surface area contributed by atoms with Crippen LogP contribution in [0.3, 0.4) is 0 Å². The minimum Gasteiger partial charge on any atom is -0.493 e. The fourth-order valence-electron chi connectivity index (χ4n) is 1.74. The zero-order valence-electron chi connectivity index (χ0n) is 12.2. The summed E-state index contributed by atoms with van der Waals surface area (Å²) in [6.45, 7) is 4.52. The zero-order chi connectivity index (χ0) is 14.1. The van der Waals surface area contributed by atoms with Crippen molar-refractivity contribution in [2.45, 2.75) is 6.92 Å². The molecule has 0 radical (unpaired) electrons. The first-order valence-corrected chi connectivity index (χ1v) is 6.30. The van der Waals surface area contributed by atoms with Crippen LogP contribution in [0.4, 0.5) is 0 Å². The van der Waals surface area contributed by atoms with Crippen LogP contribution in [0.5, 0.6) is 11.5 Å². The third kappa shape index (κ3) is 5.32. The molecule has 0 unspecified atom stereocenters. The van der Waals surface area contributed by atoms with E-state index in [1.54, 1.807) is 21.3 Å². The van der Waals surface area contributed by atoms with Gasteiger partial charge in [-0.1, -0.05) is 17.7 Å². The van der Waals surface area contributed by atoms with Crippen molar-refractivity contribution in [3.63, 3.8) is 0 Å². The lowest BCUT2D eigenvalue weighted by Crippen LogP contribution is -2.20. The Balaban J connectivity index is 2.64. The molecule has 1 aromatic rings. The molecule has 19 heavy (non-hydrogen) atoms. The lowest BCUT2D eigenvalue weighted by Gasteiger charge is -2.09. The Morgan fingerprint density at radius 1 is 1.16 bits per heavy atom. The number of hydrogen-bond acceptors (Lipinski definition) is 4. The highest BCUT2D eigenvalue weighted by atomic mass is 16.5. The summed E-state index contributed by atoms with van der Waals surface area (Å²) in [6.07, 6.45) is 2.13. The van der Waals surface area contributed by atoms with E-state index in [9.17, 15) is 0 Å². The van der Waals surface area contributed by atoms with Gasteiger partial charge < -0.3 is 19.5 Å². The summed E-state index contributed by atoms with van der Waals surface area (Å²) < 4.78 is 15.5. The second kappa shape index (κ2) is 8.56. The van der Waals surface area contributed by atoms with Crippen LogP contribution in [0.25, 0.3) is 6.08 Å². The van der Waals surface area contributed by atoms with Gasteiger partial charge in [0.05, 0.1) is 20.8 Å². The predicted molar refractivity (Wildman–Crippen MR) is 77.9 cm³/mol. The molecule has 0 spiro atoms. The van der Waals surface area contributed by atoms with E-state index in [0.717, 1.165) is 36.8 Å². The summed E-state index contributed by atoms with van der Waals surface area (Å²) in [7, 11) is 4.98. The Morgan fingerprint density at radius 2 is 1.89 bits per heavy atom. The molecule has 1 rings (SSSR count). The Morgan fingerprint density at radius 3 is 2.53 bits per heavy atom. The Bertz CT molecular complexity index is 416. The molecule has 0 saturated carbocycles. The van der Waals surface area contributed by atoms with E-state index in [-0.39, 0.29) is 0 Å². The van der Waals surface area contributed by atoms with Crippen molar-refractivity contribution >= 4 is 6.08 Å². The van der Waals surface area contributed by atoms with Gasteiger partial charge in [-0.15, -0.1) is 0 Å². The lowest BCUT2D eigenvalue weighted by atomic mass is 10.1. The smallest absolute Gasteiger partial charge is 0.161 e. The fraction of sp³-hybridized carbons (Fsp3) is 0.467. The molecule has 0 saturated heterocycles. The summed E-state index contributed by atoms with van der Waals surface area (Å²) in [5, 5.41) is 3.31. The van der Waals surface area contributed by atoms with Gasteiger partial charge in [-0.3, -0.25) is 0 Å². The normalized spacial score (nSPS) is 11.5. The molecule has 0 aliphatic carbocycles. The molecule has 4 nitrogen and oxygen atoms in total. The quantitative estimate of drug-likeness (QED) is 0.732. The maximum Gasteiger partial charge on any atom is 0.161 e. The number of hydrogen-bond donors (Lipinski definition) is 1. The molecule has 0 bridgehead atoms. The third-order valence-corrected chi connectivity index (χ3v) is 2.71. The van der Waals surface area contributed by atoms with E-state index >= 15 is 0 Å². The van der Waals surface area contributed by atoms with E-state index in [2.05, 4.69) is 18.3 Å². The molecular weight excluding hydrogens is 242 g/mol. The van der Waals surface area contributed by atoms with Crippen molar-refractivity contribution < 1.29 is 14.2 Å². The van der Waals surface area contributed by atoms with E-state index in [1.807, 2.05) is 18.2 Å². The molecular formula is C15H23NO3. The van der Waals surface area contributed by atoms with Crippen molar-refractivity contribution in [3.8, 4) is 11.5 Å². The highest BCUT2D eigenvalue weighted by molar-refractivity contribution is 5.58. The molecule has 0 aliphatic rings. The summed E-state index contributed by atoms with van der Waals surface area (Å²) in [6, 6.07) is 5.90. The van der Waals surface area contributed by atoms with Gasteiger partial charge in [0.25, 0.3) is 0 Å². The third-order valence-electron chi connectivity index (χ3n) is 2.71. The molecule has 0 atom stereocenters. The summed E-state index contributed by atoms with van der Waals surface area (Å²) in [4.78, 5) is 0. The van der Waals surface area contributed by atoms with Crippen LogP contribution in [-0.4, -0.2) is 41.0 Å². The second-order valence-electron chi connectivity index (χ2n) is 4.27. The molecule has 0 amide bonds. The van der Waals surface area contributed by atoms with Crippen LogP contribution >= 0.6 is 0 Å². The summed E-state index contributed by atoms with van der Waals surface area (Å²) in [5.74, 6) is 1.49. The van der Waals surface area contributed by atoms with Gasteiger partial charge in [0.15, 0.2) is 11.5 Å². The molecule has 4 heteroatoms. The van der Waals surface area contributed by atoms with Crippen LogP contribution in [-0.2, 0) is 4.74 Å². The van der Waals surface area contributed by atoms with E-state index in [4.69, 9.17) is 14.2 Å². The molecule has 106 valence electrons. The lowest BCUT2D eigenvalue weighted by molar-refractivity contribution is 0.200. The van der Waals surface area contributed by atoms with Crippen molar-refractivity contribution in [1.29, 1.82) is 0 Å². The van der Waals surface area contributed by atoms with Gasteiger partial charge >= 0.3 is 0 Å². The van der Waals surface area contributed by atoms with Crippen LogP contribution in [0.2, 0.25) is 0 Å². The van der Waals surface area contributed by atoms with Gasteiger partial charge in [0.1, 0.15) is 0 Å². The van der Waals surface area contributed by atoms with Crippen molar-refractivity contribution in [3.05, 3.63) is 29.3 Å². The number of benzene rings is 1. The largest absolute Gasteiger partial charge is 0.493 e. The summed E-state index contributed by atoms with van der Waals surface area (Å²) >= 11 is 0. The average Bonchev–Trinajstić information content (AvgIpc) is 2.43. The van der Waals surface area contributed by atoms with Crippen LogP contribution in [0.1, 0.15) is 12.5 Å². The standard InChI is InChI=1S/C15H23NO3/c1-12(11-16-7-8-17-2)9-13-5-6-14(18-3)15(10-13)19-4/h5-6,9-10,16H,7-8,11H2,1-4H3. The number of rotatable bonds is 8. The van der Waals surface area contributed by atoms with Crippen molar-refractivity contribution in [2.75, 3.05) is 41.0 Å². The minimum absolute atomic E-state index is 0.726. The molecule has 0 aliphatic heterocycles. The monoisotopic (exact) mass is 265 g/mol. The van der Waals surface area contributed by atoms with Crippen LogP contribution in [0.15, 0.2) is 23.8 Å². The fourth-order valence-corrected chi connectivity index (χ4v) is 1.74. The SMILES string of the molecule is COCCNCC(C)=Cc1ccc(OC)c(OC)c1. The first-order valence-electron chi connectivity index (χ1n) is 6.30. The molecule has 0 aromatic heterocycles. The van der Waals surface area contributed by atoms with Crippen molar-refractivity contribution in [1.82, 2.24) is 5.32 Å². The Hall–Kier alpha value is -1.52. The molecule has 1 N–H and O–H groups in total. The highest BCUT2D eigenvalue weighted by Gasteiger charge is 2.03. The van der Waals surface area contributed by atoms with Gasteiger partial charge in [-0.2, -0.15) is 0 Å². The molecule has 0 fully saturated rings. The molecule has 1 aromatic carbocycles. The molecule has 0 heterocycles. The first kappa shape index (κ1) is 15.5. The number of ether oxygens (including phenoxy) is 3. The predicted octanol–water partition coefficient (Wildman–Crippen LogP) is 2.34. The van der Waals surface area contributed by atoms with Crippen LogP contribution in [0, 0.1) is 0 Å². The van der Waals surface area contributed by atoms with E-state index < -0.39 is 0 Å². The van der Waals surface area contributed by atoms with E-state index in [1.165, 1.54) is 5.57 Å². The maximum atomic E-state index is 5.29. The average molecular weight is 265 g/mol. The number of methoxy groups -OCH3 is 3. The zero-order valence-corrected chi connectivity index (χ0v) is 12.2. The van der Waals surface area contributed by atoms with Gasteiger partial charge in [0, 0.05) is 20.2 Å². The maximum absolute atomic E-state index is 5.29. The van der Waals surface area contributed by atoms with E-state index in [0.29, 0.717) is 0 Å². The Labute approximate surface area is 115 Å². The first-order chi connectivity index (χ1) is 9.21. The van der Waals surface area contributed by atoms with Crippen molar-refractivity contribution in [2.24, 2.45) is 0 Å². The number of nitrogens with one attached hydrogen (secondary N) is 1. The Kier molecular flexibility index (Phi) is 7.00. The topological polar surface area (TPSA) is 39.7 Å². The van der Waals surface area contributed by atoms with Gasteiger partial charge in [-0.25, -0.2) is 0 Å². The second-order valence-corrected chi connectivity index (χ2v) is 4.27. The summed E-state index contributed by atoms with van der Waals surface area (Å²) in [5.41, 5.74) is 2.35. The van der Waals surface area contributed by atoms with Crippen LogP contribution < -0.4 is 14.8 Å². The van der Waals surface area contributed by atoms with Gasteiger partial charge in [-0.05, 0) is 24.6 Å². The highest BCUT2D eigenvalue weighted by Crippen LogP contribution is 2.28. The van der Waals surface area contributed by atoms with Gasteiger partial charge in [0.2, 0.25) is 0 Å².